The SMILES string of the molecule is CC1CCN(C(=O)OCc2ccccc2)CC1n1ccc(=O)c2c[n+](CC3CCN(C(=O)C4CCCC4)CC3n3ccc(=O)c4c[n+](CC5CCN(Cc6ccccc6C(F)(F)F)CC5n5ccc(=O)c6cnc7[nH]ccc7c65)c5[nH]ccc5c43)c3[nH]ccc3c21. The Bertz CT molecular complexity index is 4810. The Morgan fingerprint density at radius 1 is 0.593 bits per heavy atom. The fourth-order valence-corrected chi connectivity index (χ4v) is 15.8. The summed E-state index contributed by atoms with van der Waals surface area (Å²) in [4.78, 5) is 91.5. The van der Waals surface area contributed by atoms with Crippen LogP contribution in [-0.2, 0) is 41.9 Å². The zero-order chi connectivity index (χ0) is 62.2. The quantitative estimate of drug-likeness (QED) is 0.101. The van der Waals surface area contributed by atoms with Crippen LogP contribution in [0.25, 0.3) is 65.8 Å². The Morgan fingerprint density at radius 3 is 1.80 bits per heavy atom. The zero-order valence-corrected chi connectivity index (χ0v) is 50.5. The summed E-state index contributed by atoms with van der Waals surface area (Å²) < 4.78 is 60.0. The van der Waals surface area contributed by atoms with Gasteiger partial charge in [0, 0.05) is 112 Å². The molecule has 0 bridgehead atoms. The van der Waals surface area contributed by atoms with Crippen LogP contribution in [-0.4, -0.2) is 99.6 Å². The van der Waals surface area contributed by atoms with Gasteiger partial charge >= 0.3 is 12.3 Å². The van der Waals surface area contributed by atoms with E-state index in [0.29, 0.717) is 92.5 Å². The van der Waals surface area contributed by atoms with Crippen molar-refractivity contribution in [2.24, 2.45) is 23.7 Å². The van der Waals surface area contributed by atoms with Crippen LogP contribution in [0, 0.1) is 23.7 Å². The third-order valence-electron chi connectivity index (χ3n) is 20.5. The molecule has 18 nitrogen and oxygen atoms in total. The lowest BCUT2D eigenvalue weighted by Crippen LogP contribution is -2.51. The number of nitrogens with one attached hydrogen (secondary N) is 3. The number of ether oxygens (including phenoxy) is 1. The number of rotatable bonds is 12. The van der Waals surface area contributed by atoms with Crippen LogP contribution in [0.3, 0.4) is 0 Å². The maximum absolute atomic E-state index is 14.7. The number of halogens is 3. The lowest BCUT2D eigenvalue weighted by atomic mass is 9.89. The average Bonchev–Trinajstić information content (AvgIpc) is 1.75. The van der Waals surface area contributed by atoms with E-state index in [0.717, 1.165) is 82.2 Å². The lowest BCUT2D eigenvalue weighted by Gasteiger charge is -2.41. The van der Waals surface area contributed by atoms with Gasteiger partial charge in [-0.25, -0.2) is 28.9 Å². The van der Waals surface area contributed by atoms with Crippen molar-refractivity contribution in [3.05, 3.63) is 194 Å². The van der Waals surface area contributed by atoms with Crippen molar-refractivity contribution >= 4 is 77.8 Å². The minimum absolute atomic E-state index is 0.0423. The fourth-order valence-electron chi connectivity index (χ4n) is 15.8. The lowest BCUT2D eigenvalue weighted by molar-refractivity contribution is -0.680. The van der Waals surface area contributed by atoms with Crippen molar-refractivity contribution in [3.8, 4) is 0 Å². The first-order valence-corrected chi connectivity index (χ1v) is 31.9. The molecule has 4 fully saturated rings. The van der Waals surface area contributed by atoms with Crippen LogP contribution >= 0.6 is 0 Å². The third kappa shape index (κ3) is 10.6. The summed E-state index contributed by atoms with van der Waals surface area (Å²) >= 11 is 0. The molecular formula is C70H71F3N12O6+2. The minimum atomic E-state index is -4.53. The van der Waals surface area contributed by atoms with E-state index in [2.05, 4.69) is 54.6 Å². The van der Waals surface area contributed by atoms with Gasteiger partial charge in [-0.3, -0.25) is 24.1 Å². The predicted molar refractivity (Wildman–Crippen MR) is 339 cm³/mol. The summed E-state index contributed by atoms with van der Waals surface area (Å²) in [5.74, 6) is 0.0457. The standard InChI is InChI=1S/C70H69F3N12O6/c1-43-18-28-80(69(90)91-42-44-9-3-2-4-10-44)40-56(43)83-30-22-60(87)53-37-82(66-50(63(53)83)16-25-75-66)36-48-20-29-79(68(89)45-11-5-6-12-45)41-58(48)85-32-23-61(88)54-38-81(67-51(64(54)85)17-26-76-67)35-47-19-27-78(34-46-13-7-8-14-55(46)70(71,72)73)39-57(47)84-31-21-59(86)52-33-77-65-49(62(52)84)15-24-74-65/h2-4,7-10,13-17,21-26,30-33,37-38,43,45,47-48,56-58H,5-6,11-12,18-20,27-29,34-36,39-42H2,1H3,(H,74,77,86)/p+2. The number of alkyl halides is 3. The van der Waals surface area contributed by atoms with Gasteiger partial charge in [-0.05, 0) is 80.0 Å². The van der Waals surface area contributed by atoms with Crippen LogP contribution in [0.4, 0.5) is 18.0 Å². The van der Waals surface area contributed by atoms with Crippen molar-refractivity contribution in [3.63, 3.8) is 0 Å². The molecule has 0 radical (unpaired) electrons. The summed E-state index contributed by atoms with van der Waals surface area (Å²) in [5, 5.41) is 3.90. The number of aromatic nitrogens is 9. The van der Waals surface area contributed by atoms with E-state index in [4.69, 9.17) is 4.74 Å². The molecule has 91 heavy (non-hydrogen) atoms. The molecule has 11 aromatic rings. The number of hydrogen-bond donors (Lipinski definition) is 3. The molecule has 6 atom stereocenters. The molecule has 1 saturated carbocycles. The van der Waals surface area contributed by atoms with Crippen LogP contribution in [0.1, 0.15) is 86.7 Å². The van der Waals surface area contributed by atoms with Gasteiger partial charge in [0.2, 0.25) is 5.91 Å². The molecule has 1 aliphatic carbocycles. The third-order valence-corrected chi connectivity index (χ3v) is 20.5. The number of piperidine rings is 3. The van der Waals surface area contributed by atoms with Crippen LogP contribution in [0.2, 0.25) is 0 Å². The van der Waals surface area contributed by atoms with Gasteiger partial charge in [0.25, 0.3) is 11.3 Å². The van der Waals surface area contributed by atoms with Crippen LogP contribution < -0.4 is 25.4 Å². The molecule has 12 heterocycles. The maximum atomic E-state index is 14.7. The normalized spacial score (nSPS) is 21.3. The second-order valence-corrected chi connectivity index (χ2v) is 25.8. The van der Waals surface area contributed by atoms with Crippen LogP contribution in [0.15, 0.2) is 161 Å². The number of benzene rings is 2. The predicted octanol–water partition coefficient (Wildman–Crippen LogP) is 10.3. The van der Waals surface area contributed by atoms with E-state index in [-0.39, 0.29) is 88.8 Å². The molecule has 2 amide bonds. The van der Waals surface area contributed by atoms with Gasteiger partial charge in [-0.2, -0.15) is 13.2 Å². The summed E-state index contributed by atoms with van der Waals surface area (Å²) in [6.07, 6.45) is 17.4. The molecule has 21 heteroatoms. The summed E-state index contributed by atoms with van der Waals surface area (Å²) in [7, 11) is 0. The van der Waals surface area contributed by atoms with Gasteiger partial charge < -0.3 is 33.2 Å². The van der Waals surface area contributed by atoms with E-state index in [1.165, 1.54) is 18.2 Å². The number of nitrogens with zero attached hydrogens (tertiary/aromatic N) is 9. The highest BCUT2D eigenvalue weighted by molar-refractivity contribution is 6.03. The minimum Gasteiger partial charge on any atom is -0.445 e. The first-order valence-electron chi connectivity index (χ1n) is 31.9. The fraction of sp³-hybridized carbons (Fsp3) is 0.371. The molecule has 466 valence electrons. The maximum Gasteiger partial charge on any atom is 0.416 e. The number of fused-ring (bicyclic) bond motifs is 9. The molecule has 3 aliphatic heterocycles. The van der Waals surface area contributed by atoms with Crippen molar-refractivity contribution in [1.29, 1.82) is 0 Å². The highest BCUT2D eigenvalue weighted by Crippen LogP contribution is 2.40. The van der Waals surface area contributed by atoms with Gasteiger partial charge in [0.1, 0.15) is 24.6 Å². The molecule has 4 aliphatic rings. The molecule has 3 N–H and O–H groups in total. The molecule has 9 aromatic heterocycles. The summed E-state index contributed by atoms with van der Waals surface area (Å²) in [5.41, 5.74) is 4.33. The Kier molecular flexibility index (Phi) is 15.0. The topological polar surface area (TPSA) is 187 Å². The molecular weight excluding hydrogens is 1160 g/mol. The number of hydrogen-bond acceptors (Lipinski definition) is 8. The number of amides is 2. The Labute approximate surface area is 520 Å². The number of carbonyl (C=O) groups excluding carboxylic acids is 2. The second-order valence-electron chi connectivity index (χ2n) is 25.8. The Hall–Kier alpha value is -9.37. The van der Waals surface area contributed by atoms with Crippen molar-refractivity contribution in [2.45, 2.75) is 102 Å². The number of H-pyrrole nitrogens is 3. The van der Waals surface area contributed by atoms with Gasteiger partial charge in [0.15, 0.2) is 16.3 Å². The van der Waals surface area contributed by atoms with E-state index >= 15 is 0 Å². The average molecular weight is 1230 g/mol. The number of aromatic amines is 3. The molecule has 6 unspecified atom stereocenters. The Balaban J connectivity index is 0.792. The van der Waals surface area contributed by atoms with Gasteiger partial charge in [-0.1, -0.05) is 68.3 Å². The largest absolute Gasteiger partial charge is 0.445 e. The van der Waals surface area contributed by atoms with E-state index < -0.39 is 11.7 Å². The van der Waals surface area contributed by atoms with E-state index in [1.54, 1.807) is 41.7 Å². The zero-order valence-electron chi connectivity index (χ0n) is 50.5. The van der Waals surface area contributed by atoms with Crippen molar-refractivity contribution in [1.82, 2.24) is 48.3 Å². The van der Waals surface area contributed by atoms with Crippen molar-refractivity contribution < 1.29 is 36.6 Å². The first-order chi connectivity index (χ1) is 44.2. The highest BCUT2D eigenvalue weighted by Gasteiger charge is 2.41. The highest BCUT2D eigenvalue weighted by atomic mass is 19.4. The number of pyridine rings is 6. The smallest absolute Gasteiger partial charge is 0.416 e. The monoisotopic (exact) mass is 1230 g/mol. The molecule has 2 aromatic carbocycles. The summed E-state index contributed by atoms with van der Waals surface area (Å²) in [6, 6.07) is 25.2. The van der Waals surface area contributed by atoms with Gasteiger partial charge in [-0.15, -0.1) is 0 Å². The summed E-state index contributed by atoms with van der Waals surface area (Å²) in [6.45, 7) is 6.10. The first kappa shape index (κ1) is 58.0. The molecule has 15 rings (SSSR count). The molecule has 0 spiro atoms. The Morgan fingerprint density at radius 2 is 1.14 bits per heavy atom. The number of likely N-dealkylation sites (tertiary alicyclic amines) is 3. The number of carbonyl (C=O) groups is 2. The van der Waals surface area contributed by atoms with E-state index in [9.17, 15) is 37.1 Å². The van der Waals surface area contributed by atoms with Crippen molar-refractivity contribution in [2.75, 3.05) is 39.3 Å². The van der Waals surface area contributed by atoms with Crippen LogP contribution in [0.5, 0.6) is 0 Å². The van der Waals surface area contributed by atoms with E-state index in [1.807, 2.05) is 90.6 Å². The second kappa shape index (κ2) is 23.5. The molecule has 3 saturated heterocycles. The van der Waals surface area contributed by atoms with Gasteiger partial charge in [0.05, 0.1) is 92.7 Å².